The third kappa shape index (κ3) is 5.24. The van der Waals surface area contributed by atoms with Gasteiger partial charge in [0.15, 0.2) is 5.82 Å². The van der Waals surface area contributed by atoms with E-state index in [1.807, 2.05) is 50.1 Å². The van der Waals surface area contributed by atoms with Gasteiger partial charge in [-0.1, -0.05) is 25.9 Å². The fourth-order valence-corrected chi connectivity index (χ4v) is 4.43. The fourth-order valence-electron chi connectivity index (χ4n) is 4.43. The van der Waals surface area contributed by atoms with Crippen LogP contribution in [-0.2, 0) is 17.8 Å². The second-order valence-electron chi connectivity index (χ2n) is 10.2. The minimum atomic E-state index is -0.327. The quantitative estimate of drug-likeness (QED) is 0.472. The standard InChI is InChI=1S/C26H31N7O2/c1-17-28-24(35-31-17)19-5-6-21-22(14-19)30-23(29-21)15-20-13-18(7-8-27-20)16-32-9-11-33(12-10-32)25(34)26(2,3)4/h5-8,13-14H,9-12,15-16H2,1-4H3,(H,29,30). The Morgan fingerprint density at radius 3 is 2.60 bits per heavy atom. The monoisotopic (exact) mass is 473 g/mol. The Morgan fingerprint density at radius 2 is 1.89 bits per heavy atom. The Balaban J connectivity index is 1.23. The van der Waals surface area contributed by atoms with Crippen molar-refractivity contribution in [3.63, 3.8) is 0 Å². The van der Waals surface area contributed by atoms with Crippen LogP contribution >= 0.6 is 0 Å². The first-order valence-corrected chi connectivity index (χ1v) is 12.0. The maximum Gasteiger partial charge on any atom is 0.257 e. The number of aromatic amines is 1. The largest absolute Gasteiger partial charge is 0.342 e. The summed E-state index contributed by atoms with van der Waals surface area (Å²) in [6.45, 7) is 11.9. The fraction of sp³-hybridized carbons (Fsp3) is 0.423. The number of H-pyrrole nitrogens is 1. The zero-order chi connectivity index (χ0) is 24.6. The highest BCUT2D eigenvalue weighted by atomic mass is 16.5. The Bertz CT molecular complexity index is 1340. The van der Waals surface area contributed by atoms with Crippen LogP contribution in [0.5, 0.6) is 0 Å². The van der Waals surface area contributed by atoms with Crippen molar-refractivity contribution < 1.29 is 9.32 Å². The molecular weight excluding hydrogens is 442 g/mol. The van der Waals surface area contributed by atoms with Gasteiger partial charge >= 0.3 is 0 Å². The molecule has 0 saturated carbocycles. The van der Waals surface area contributed by atoms with Crippen LogP contribution in [0, 0.1) is 12.3 Å². The average Bonchev–Trinajstić information content (AvgIpc) is 3.43. The number of nitrogens with zero attached hydrogens (tertiary/aromatic N) is 6. The molecule has 1 fully saturated rings. The van der Waals surface area contributed by atoms with Crippen LogP contribution in [0.15, 0.2) is 41.1 Å². The first-order chi connectivity index (χ1) is 16.7. The summed E-state index contributed by atoms with van der Waals surface area (Å²) in [5.41, 5.74) is 4.53. The molecule has 9 nitrogen and oxygen atoms in total. The van der Waals surface area contributed by atoms with E-state index in [9.17, 15) is 4.79 Å². The van der Waals surface area contributed by atoms with Gasteiger partial charge in [0.05, 0.1) is 11.0 Å². The van der Waals surface area contributed by atoms with Crippen LogP contribution in [0.4, 0.5) is 0 Å². The third-order valence-electron chi connectivity index (χ3n) is 6.24. The van der Waals surface area contributed by atoms with Gasteiger partial charge < -0.3 is 14.4 Å². The summed E-state index contributed by atoms with van der Waals surface area (Å²) in [5, 5.41) is 3.86. The molecule has 182 valence electrons. The van der Waals surface area contributed by atoms with Gasteiger partial charge in [0.1, 0.15) is 5.82 Å². The topological polar surface area (TPSA) is 104 Å². The Morgan fingerprint density at radius 1 is 1.09 bits per heavy atom. The van der Waals surface area contributed by atoms with Crippen molar-refractivity contribution in [2.24, 2.45) is 5.41 Å². The van der Waals surface area contributed by atoms with Crippen LogP contribution in [-0.4, -0.2) is 67.0 Å². The van der Waals surface area contributed by atoms with Gasteiger partial charge in [0, 0.05) is 62.0 Å². The molecule has 1 aliphatic heterocycles. The third-order valence-corrected chi connectivity index (χ3v) is 6.24. The number of piperazine rings is 1. The van der Waals surface area contributed by atoms with E-state index in [0.29, 0.717) is 18.1 Å². The molecule has 1 aromatic carbocycles. The number of nitrogens with one attached hydrogen (secondary N) is 1. The van der Waals surface area contributed by atoms with Gasteiger partial charge in [-0.05, 0) is 42.8 Å². The molecule has 5 rings (SSSR count). The van der Waals surface area contributed by atoms with Gasteiger partial charge in [0.2, 0.25) is 5.91 Å². The highest BCUT2D eigenvalue weighted by Gasteiger charge is 2.29. The molecule has 3 aromatic heterocycles. The average molecular weight is 474 g/mol. The van der Waals surface area contributed by atoms with E-state index in [-0.39, 0.29) is 11.3 Å². The van der Waals surface area contributed by atoms with Crippen LogP contribution in [0.3, 0.4) is 0 Å². The summed E-state index contributed by atoms with van der Waals surface area (Å²) in [4.78, 5) is 33.9. The van der Waals surface area contributed by atoms with Gasteiger partial charge in [0.25, 0.3) is 5.89 Å². The van der Waals surface area contributed by atoms with Crippen molar-refractivity contribution in [3.8, 4) is 11.5 Å². The predicted octanol–water partition coefficient (Wildman–Crippen LogP) is 3.60. The molecule has 1 amide bonds. The highest BCUT2D eigenvalue weighted by Crippen LogP contribution is 2.23. The zero-order valence-corrected chi connectivity index (χ0v) is 20.7. The first kappa shape index (κ1) is 23.2. The molecule has 1 N–H and O–H groups in total. The lowest BCUT2D eigenvalue weighted by Gasteiger charge is -2.37. The van der Waals surface area contributed by atoms with Crippen molar-refractivity contribution >= 4 is 16.9 Å². The summed E-state index contributed by atoms with van der Waals surface area (Å²) >= 11 is 0. The van der Waals surface area contributed by atoms with Crippen LogP contribution in [0.25, 0.3) is 22.5 Å². The van der Waals surface area contributed by atoms with E-state index in [0.717, 1.165) is 60.8 Å². The maximum absolute atomic E-state index is 12.5. The summed E-state index contributed by atoms with van der Waals surface area (Å²) in [6, 6.07) is 10.1. The SMILES string of the molecule is Cc1noc(-c2ccc3nc(Cc4cc(CN5CCN(C(=O)C(C)(C)C)CC5)ccn4)[nH]c3c2)n1. The summed E-state index contributed by atoms with van der Waals surface area (Å²) in [6.07, 6.45) is 2.48. The van der Waals surface area contributed by atoms with Gasteiger partial charge in [-0.15, -0.1) is 0 Å². The number of carbonyl (C=O) groups excluding carboxylic acids is 1. The van der Waals surface area contributed by atoms with E-state index in [2.05, 4.69) is 37.1 Å². The van der Waals surface area contributed by atoms with Crippen molar-refractivity contribution in [1.82, 2.24) is 34.9 Å². The number of carbonyl (C=O) groups is 1. The summed E-state index contributed by atoms with van der Waals surface area (Å²) in [5.74, 6) is 2.20. The summed E-state index contributed by atoms with van der Waals surface area (Å²) in [7, 11) is 0. The smallest absolute Gasteiger partial charge is 0.257 e. The van der Waals surface area contributed by atoms with Crippen molar-refractivity contribution in [1.29, 1.82) is 0 Å². The lowest BCUT2D eigenvalue weighted by Crippen LogP contribution is -2.51. The molecular formula is C26H31N7O2. The Hall–Kier alpha value is -3.59. The van der Waals surface area contributed by atoms with E-state index in [1.54, 1.807) is 6.92 Å². The molecule has 0 radical (unpaired) electrons. The predicted molar refractivity (Wildman–Crippen MR) is 132 cm³/mol. The van der Waals surface area contributed by atoms with Crippen molar-refractivity contribution in [2.45, 2.75) is 40.7 Å². The second kappa shape index (κ2) is 9.22. The zero-order valence-electron chi connectivity index (χ0n) is 20.7. The van der Waals surface area contributed by atoms with Gasteiger partial charge in [-0.2, -0.15) is 4.98 Å². The highest BCUT2D eigenvalue weighted by molar-refractivity contribution is 5.81. The van der Waals surface area contributed by atoms with Crippen LogP contribution in [0.2, 0.25) is 0 Å². The lowest BCUT2D eigenvalue weighted by molar-refractivity contribution is -0.141. The summed E-state index contributed by atoms with van der Waals surface area (Å²) < 4.78 is 5.28. The molecule has 0 unspecified atom stereocenters. The first-order valence-electron chi connectivity index (χ1n) is 12.0. The molecule has 0 atom stereocenters. The van der Waals surface area contributed by atoms with E-state index < -0.39 is 0 Å². The molecule has 0 bridgehead atoms. The molecule has 4 heterocycles. The van der Waals surface area contributed by atoms with Gasteiger partial charge in [-0.25, -0.2) is 4.98 Å². The number of pyridine rings is 1. The Kier molecular flexibility index (Phi) is 6.10. The number of imidazole rings is 1. The maximum atomic E-state index is 12.5. The van der Waals surface area contributed by atoms with Crippen LogP contribution in [0.1, 0.15) is 43.7 Å². The van der Waals surface area contributed by atoms with E-state index in [1.165, 1.54) is 5.56 Å². The minimum absolute atomic E-state index is 0.230. The molecule has 0 spiro atoms. The number of amides is 1. The molecule has 9 heteroatoms. The Labute approximate surface area is 204 Å². The number of hydrogen-bond acceptors (Lipinski definition) is 7. The normalized spacial score (nSPS) is 15.1. The second-order valence-corrected chi connectivity index (χ2v) is 10.2. The van der Waals surface area contributed by atoms with Crippen molar-refractivity contribution in [2.75, 3.05) is 26.2 Å². The molecule has 1 saturated heterocycles. The molecule has 35 heavy (non-hydrogen) atoms. The minimum Gasteiger partial charge on any atom is -0.342 e. The van der Waals surface area contributed by atoms with Crippen LogP contribution < -0.4 is 0 Å². The number of hydrogen-bond donors (Lipinski definition) is 1. The van der Waals surface area contributed by atoms with Crippen molar-refractivity contribution in [3.05, 3.63) is 59.4 Å². The molecule has 1 aliphatic rings. The van der Waals surface area contributed by atoms with Gasteiger partial charge in [-0.3, -0.25) is 14.7 Å². The number of aryl methyl sites for hydroxylation is 1. The van der Waals surface area contributed by atoms with E-state index in [4.69, 9.17) is 9.51 Å². The number of rotatable bonds is 5. The number of aromatic nitrogens is 5. The molecule has 4 aromatic rings. The molecule has 0 aliphatic carbocycles. The lowest BCUT2D eigenvalue weighted by atomic mass is 9.94. The number of benzene rings is 1. The van der Waals surface area contributed by atoms with E-state index >= 15 is 0 Å². The number of fused-ring (bicyclic) bond motifs is 1.